The summed E-state index contributed by atoms with van der Waals surface area (Å²) < 4.78 is 5.98. The van der Waals surface area contributed by atoms with Gasteiger partial charge in [-0.25, -0.2) is 4.98 Å². The molecule has 2 heterocycles. The molecule has 0 spiro atoms. The Morgan fingerprint density at radius 2 is 2.50 bits per heavy atom. The van der Waals surface area contributed by atoms with E-state index in [1.54, 1.807) is 0 Å². The highest BCUT2D eigenvalue weighted by atomic mass is 79.9. The van der Waals surface area contributed by atoms with Gasteiger partial charge in [0.15, 0.2) is 0 Å². The van der Waals surface area contributed by atoms with Gasteiger partial charge >= 0.3 is 5.69 Å². The fraction of sp³-hybridized carbons (Fsp3) is 0.545. The summed E-state index contributed by atoms with van der Waals surface area (Å²) in [5.74, 6) is 0.689. The first kappa shape index (κ1) is 13.2. The van der Waals surface area contributed by atoms with E-state index >= 15 is 0 Å². The van der Waals surface area contributed by atoms with Crippen molar-refractivity contribution in [1.82, 2.24) is 10.3 Å². The van der Waals surface area contributed by atoms with Crippen molar-refractivity contribution < 1.29 is 9.66 Å². The van der Waals surface area contributed by atoms with Crippen molar-refractivity contribution in [2.24, 2.45) is 5.92 Å². The molecule has 1 N–H and O–H groups in total. The standard InChI is InChI=1S/C11H14BrN3O3/c12-9-5-10(15(16)17)11(14-7-9)18-4-2-8-1-3-13-6-8/h5,7-8,13H,1-4,6H2. The van der Waals surface area contributed by atoms with Crippen LogP contribution in [0.4, 0.5) is 5.69 Å². The lowest BCUT2D eigenvalue weighted by Crippen LogP contribution is -2.12. The lowest BCUT2D eigenvalue weighted by molar-refractivity contribution is -0.386. The maximum atomic E-state index is 10.8. The quantitative estimate of drug-likeness (QED) is 0.665. The summed E-state index contributed by atoms with van der Waals surface area (Å²) in [6, 6.07) is 1.40. The number of ether oxygens (including phenoxy) is 1. The minimum absolute atomic E-state index is 0.0918. The van der Waals surface area contributed by atoms with Crippen LogP contribution in [0.2, 0.25) is 0 Å². The molecule has 1 aliphatic heterocycles. The smallest absolute Gasteiger partial charge is 0.332 e. The summed E-state index contributed by atoms with van der Waals surface area (Å²) in [6.45, 7) is 2.50. The Balaban J connectivity index is 1.93. The molecule has 1 aliphatic rings. The van der Waals surface area contributed by atoms with Crippen LogP contribution in [-0.2, 0) is 0 Å². The second kappa shape index (κ2) is 6.10. The lowest BCUT2D eigenvalue weighted by atomic mass is 10.1. The van der Waals surface area contributed by atoms with Gasteiger partial charge in [0.1, 0.15) is 0 Å². The van der Waals surface area contributed by atoms with Gasteiger partial charge in [-0.05, 0) is 47.8 Å². The van der Waals surface area contributed by atoms with Gasteiger partial charge in [-0.1, -0.05) is 0 Å². The third-order valence-corrected chi connectivity index (χ3v) is 3.36. The van der Waals surface area contributed by atoms with Crippen LogP contribution in [0, 0.1) is 16.0 Å². The number of nitro groups is 1. The molecule has 7 heteroatoms. The van der Waals surface area contributed by atoms with Gasteiger partial charge < -0.3 is 10.1 Å². The van der Waals surface area contributed by atoms with E-state index in [1.807, 2.05) is 0 Å². The summed E-state index contributed by atoms with van der Waals surface area (Å²) >= 11 is 3.16. The van der Waals surface area contributed by atoms with Crippen molar-refractivity contribution in [1.29, 1.82) is 0 Å². The molecule has 1 saturated heterocycles. The van der Waals surface area contributed by atoms with E-state index in [2.05, 4.69) is 26.2 Å². The largest absolute Gasteiger partial charge is 0.473 e. The minimum atomic E-state index is -0.482. The molecule has 6 nitrogen and oxygen atoms in total. The van der Waals surface area contributed by atoms with Gasteiger partial charge in [0.2, 0.25) is 0 Å². The first-order valence-corrected chi connectivity index (χ1v) is 6.59. The van der Waals surface area contributed by atoms with Gasteiger partial charge in [-0.2, -0.15) is 0 Å². The van der Waals surface area contributed by atoms with Crippen LogP contribution < -0.4 is 10.1 Å². The van der Waals surface area contributed by atoms with Crippen LogP contribution in [0.1, 0.15) is 12.8 Å². The molecule has 1 aromatic heterocycles. The average molecular weight is 316 g/mol. The Morgan fingerprint density at radius 1 is 1.67 bits per heavy atom. The third kappa shape index (κ3) is 3.39. The lowest BCUT2D eigenvalue weighted by Gasteiger charge is -2.09. The van der Waals surface area contributed by atoms with Gasteiger partial charge in [-0.3, -0.25) is 10.1 Å². The molecular weight excluding hydrogens is 302 g/mol. The molecular formula is C11H14BrN3O3. The van der Waals surface area contributed by atoms with Crippen molar-refractivity contribution in [2.45, 2.75) is 12.8 Å². The van der Waals surface area contributed by atoms with Crippen LogP contribution in [0.5, 0.6) is 5.88 Å². The summed E-state index contributed by atoms with van der Waals surface area (Å²) in [4.78, 5) is 14.3. The number of nitrogens with zero attached hydrogens (tertiary/aromatic N) is 2. The Labute approximate surface area is 113 Å². The Kier molecular flexibility index (Phi) is 4.48. The van der Waals surface area contributed by atoms with E-state index in [1.165, 1.54) is 12.3 Å². The number of halogens is 1. The zero-order valence-corrected chi connectivity index (χ0v) is 11.4. The maximum Gasteiger partial charge on any atom is 0.332 e. The Morgan fingerprint density at radius 3 is 3.17 bits per heavy atom. The maximum absolute atomic E-state index is 10.8. The van der Waals surface area contributed by atoms with E-state index < -0.39 is 4.92 Å². The Hall–Kier alpha value is -1.21. The molecule has 1 aromatic rings. The highest BCUT2D eigenvalue weighted by Crippen LogP contribution is 2.27. The molecule has 0 aromatic carbocycles. The summed E-state index contributed by atoms with van der Waals surface area (Å²) in [7, 11) is 0. The van der Waals surface area contributed by atoms with Crippen molar-refractivity contribution in [3.63, 3.8) is 0 Å². The first-order valence-electron chi connectivity index (χ1n) is 5.80. The number of hydrogen-bond donors (Lipinski definition) is 1. The van der Waals surface area contributed by atoms with Crippen molar-refractivity contribution in [3.05, 3.63) is 26.9 Å². The molecule has 0 saturated carbocycles. The van der Waals surface area contributed by atoms with E-state index in [9.17, 15) is 10.1 Å². The van der Waals surface area contributed by atoms with Crippen LogP contribution in [0.3, 0.4) is 0 Å². The molecule has 2 rings (SSSR count). The molecule has 18 heavy (non-hydrogen) atoms. The minimum Gasteiger partial charge on any atom is -0.473 e. The van der Waals surface area contributed by atoms with Crippen LogP contribution >= 0.6 is 15.9 Å². The van der Waals surface area contributed by atoms with Gasteiger partial charge in [-0.15, -0.1) is 0 Å². The van der Waals surface area contributed by atoms with Crippen molar-refractivity contribution in [3.8, 4) is 5.88 Å². The highest BCUT2D eigenvalue weighted by molar-refractivity contribution is 9.10. The fourth-order valence-electron chi connectivity index (χ4n) is 1.94. The van der Waals surface area contributed by atoms with Gasteiger partial charge in [0.05, 0.1) is 11.5 Å². The monoisotopic (exact) mass is 315 g/mol. The van der Waals surface area contributed by atoms with E-state index in [-0.39, 0.29) is 11.6 Å². The molecule has 98 valence electrons. The molecule has 0 bridgehead atoms. The molecule has 1 fully saturated rings. The second-order valence-electron chi connectivity index (χ2n) is 4.23. The SMILES string of the molecule is O=[N+]([O-])c1cc(Br)cnc1OCCC1CCNC1. The molecule has 0 amide bonds. The number of pyridine rings is 1. The van der Waals surface area contributed by atoms with Crippen LogP contribution in [-0.4, -0.2) is 29.6 Å². The normalized spacial score (nSPS) is 18.8. The number of nitrogens with one attached hydrogen (secondary N) is 1. The molecule has 0 aliphatic carbocycles. The van der Waals surface area contributed by atoms with E-state index in [4.69, 9.17) is 4.74 Å². The first-order chi connectivity index (χ1) is 8.66. The molecule has 0 radical (unpaired) electrons. The van der Waals surface area contributed by atoms with E-state index in [0.29, 0.717) is 17.0 Å². The molecule has 1 atom stereocenters. The molecule has 1 unspecified atom stereocenters. The predicted molar refractivity (Wildman–Crippen MR) is 69.7 cm³/mol. The number of rotatable bonds is 5. The zero-order chi connectivity index (χ0) is 13.0. The summed E-state index contributed by atoms with van der Waals surface area (Å²) in [6.07, 6.45) is 3.53. The number of aromatic nitrogens is 1. The van der Waals surface area contributed by atoms with E-state index in [0.717, 1.165) is 25.9 Å². The summed E-state index contributed by atoms with van der Waals surface area (Å²) in [5, 5.41) is 14.1. The summed E-state index contributed by atoms with van der Waals surface area (Å²) in [5.41, 5.74) is -0.103. The predicted octanol–water partition coefficient (Wildman–Crippen LogP) is 2.13. The van der Waals surface area contributed by atoms with Gasteiger partial charge in [0, 0.05) is 16.7 Å². The zero-order valence-electron chi connectivity index (χ0n) is 9.76. The number of hydrogen-bond acceptors (Lipinski definition) is 5. The van der Waals surface area contributed by atoms with Crippen molar-refractivity contribution >= 4 is 21.6 Å². The Bertz CT molecular complexity index is 436. The fourth-order valence-corrected chi connectivity index (χ4v) is 2.26. The van der Waals surface area contributed by atoms with Crippen LogP contribution in [0.15, 0.2) is 16.7 Å². The van der Waals surface area contributed by atoms with Crippen molar-refractivity contribution in [2.75, 3.05) is 19.7 Å². The second-order valence-corrected chi connectivity index (χ2v) is 5.15. The third-order valence-electron chi connectivity index (χ3n) is 2.92. The topological polar surface area (TPSA) is 77.3 Å². The highest BCUT2D eigenvalue weighted by Gasteiger charge is 2.19. The average Bonchev–Trinajstić information content (AvgIpc) is 2.84. The van der Waals surface area contributed by atoms with Gasteiger partial charge in [0.25, 0.3) is 5.88 Å². The van der Waals surface area contributed by atoms with Crippen LogP contribution in [0.25, 0.3) is 0 Å².